The molecule has 0 fully saturated rings. The van der Waals surface area contributed by atoms with Crippen LogP contribution in [0.15, 0.2) is 24.4 Å². The molecule has 0 saturated heterocycles. The summed E-state index contributed by atoms with van der Waals surface area (Å²) in [5.74, 6) is 0.662. The maximum atomic E-state index is 12.5. The molecule has 0 bridgehead atoms. The number of hydrogen-bond acceptors (Lipinski definition) is 1. The summed E-state index contributed by atoms with van der Waals surface area (Å²) in [6.07, 6.45) is 3.55. The van der Waals surface area contributed by atoms with Gasteiger partial charge in [-0.25, -0.2) is 0 Å². The molecule has 20 heavy (non-hydrogen) atoms. The Hall–Kier alpha value is -1.57. The number of fused-ring (bicyclic) bond motifs is 1. The predicted octanol–water partition coefficient (Wildman–Crippen LogP) is 5.12. The van der Waals surface area contributed by atoms with E-state index in [1.165, 1.54) is 5.56 Å². The molecule has 2 heteroatoms. The van der Waals surface area contributed by atoms with Crippen LogP contribution in [0.25, 0.3) is 10.9 Å². The topological polar surface area (TPSA) is 32.9 Å². The van der Waals surface area contributed by atoms with Crippen LogP contribution >= 0.6 is 0 Å². The molecule has 2 rings (SSSR count). The minimum Gasteiger partial charge on any atom is -0.360 e. The summed E-state index contributed by atoms with van der Waals surface area (Å²) in [5.41, 5.74) is 3.37. The number of ketones is 1. The van der Waals surface area contributed by atoms with Crippen LogP contribution in [0.4, 0.5) is 0 Å². The second-order valence-corrected chi connectivity index (χ2v) is 7.25. The van der Waals surface area contributed by atoms with Gasteiger partial charge in [0.05, 0.1) is 0 Å². The zero-order chi connectivity index (χ0) is 14.9. The van der Waals surface area contributed by atoms with Gasteiger partial charge < -0.3 is 4.98 Å². The molecule has 1 aromatic heterocycles. The van der Waals surface area contributed by atoms with Gasteiger partial charge in [0, 0.05) is 29.1 Å². The number of carbonyl (C=O) groups is 1. The second kappa shape index (κ2) is 5.43. The Kier molecular flexibility index (Phi) is 4.03. The van der Waals surface area contributed by atoms with Gasteiger partial charge in [-0.1, -0.05) is 39.8 Å². The van der Waals surface area contributed by atoms with Crippen LogP contribution in [-0.4, -0.2) is 10.8 Å². The van der Waals surface area contributed by atoms with Gasteiger partial charge in [-0.2, -0.15) is 0 Å². The Morgan fingerprint density at radius 2 is 2.00 bits per heavy atom. The fourth-order valence-corrected chi connectivity index (χ4v) is 3.01. The zero-order valence-electron chi connectivity index (χ0n) is 13.2. The predicted molar refractivity (Wildman–Crippen MR) is 85.2 cm³/mol. The van der Waals surface area contributed by atoms with E-state index in [1.807, 2.05) is 12.3 Å². The van der Waals surface area contributed by atoms with Crippen molar-refractivity contribution in [2.75, 3.05) is 0 Å². The van der Waals surface area contributed by atoms with Crippen LogP contribution < -0.4 is 0 Å². The van der Waals surface area contributed by atoms with Crippen LogP contribution in [-0.2, 0) is 0 Å². The van der Waals surface area contributed by atoms with E-state index in [0.29, 0.717) is 12.3 Å². The van der Waals surface area contributed by atoms with E-state index in [9.17, 15) is 4.79 Å². The van der Waals surface area contributed by atoms with Gasteiger partial charge in [0.2, 0.25) is 0 Å². The minimum absolute atomic E-state index is 0.247. The Morgan fingerprint density at radius 1 is 1.30 bits per heavy atom. The van der Waals surface area contributed by atoms with Gasteiger partial charge in [0.25, 0.3) is 0 Å². The number of rotatable bonds is 4. The average Bonchev–Trinajstić information content (AvgIpc) is 2.68. The minimum atomic E-state index is 0.247. The molecule has 1 aromatic carbocycles. The lowest BCUT2D eigenvalue weighted by molar-refractivity contribution is 0.0956. The molecule has 1 heterocycles. The van der Waals surface area contributed by atoms with E-state index in [2.05, 4.69) is 51.7 Å². The smallest absolute Gasteiger partial charge is 0.165 e. The summed E-state index contributed by atoms with van der Waals surface area (Å²) >= 11 is 0. The molecule has 0 aliphatic rings. The highest BCUT2D eigenvalue weighted by Crippen LogP contribution is 2.28. The van der Waals surface area contributed by atoms with Crippen LogP contribution in [0, 0.1) is 18.3 Å². The maximum absolute atomic E-state index is 12.5. The number of nitrogens with one attached hydrogen (secondary N) is 1. The van der Waals surface area contributed by atoms with Gasteiger partial charge in [0.1, 0.15) is 0 Å². The van der Waals surface area contributed by atoms with E-state index in [-0.39, 0.29) is 11.2 Å². The molecule has 0 saturated carbocycles. The summed E-state index contributed by atoms with van der Waals surface area (Å²) in [6, 6.07) is 6.19. The number of Topliss-reactive ketones (excluding diaryl/α,β-unsaturated/α-hetero) is 1. The third kappa shape index (κ3) is 3.50. The third-order valence-electron chi connectivity index (χ3n) is 3.63. The first-order valence-electron chi connectivity index (χ1n) is 7.37. The standard InChI is InChI=1S/C18H25NO/c1-12-6-7-14-15(11-19-16(14)8-12)17(20)9-13(2)10-18(3,4)5/h6-8,11,13,19H,9-10H2,1-5H3. The number of hydrogen-bond donors (Lipinski definition) is 1. The average molecular weight is 271 g/mol. The molecule has 1 unspecified atom stereocenters. The van der Waals surface area contributed by atoms with Gasteiger partial charge in [-0.15, -0.1) is 0 Å². The van der Waals surface area contributed by atoms with E-state index < -0.39 is 0 Å². The molecule has 0 radical (unpaired) electrons. The highest BCUT2D eigenvalue weighted by atomic mass is 16.1. The van der Waals surface area contributed by atoms with Crippen molar-refractivity contribution in [2.45, 2.75) is 47.5 Å². The van der Waals surface area contributed by atoms with Crippen molar-refractivity contribution in [3.05, 3.63) is 35.5 Å². The van der Waals surface area contributed by atoms with Crippen LogP contribution in [0.5, 0.6) is 0 Å². The van der Waals surface area contributed by atoms with E-state index in [4.69, 9.17) is 0 Å². The summed E-state index contributed by atoms with van der Waals surface area (Å²) < 4.78 is 0. The molecule has 0 spiro atoms. The molecule has 1 atom stereocenters. The molecule has 108 valence electrons. The fourth-order valence-electron chi connectivity index (χ4n) is 3.01. The van der Waals surface area contributed by atoms with E-state index in [0.717, 1.165) is 22.9 Å². The Morgan fingerprint density at radius 3 is 2.65 bits per heavy atom. The van der Waals surface area contributed by atoms with E-state index in [1.54, 1.807) is 0 Å². The summed E-state index contributed by atoms with van der Waals surface area (Å²) in [7, 11) is 0. The lowest BCUT2D eigenvalue weighted by atomic mass is 9.83. The number of aromatic amines is 1. The Bertz CT molecular complexity index is 616. The van der Waals surface area contributed by atoms with Crippen molar-refractivity contribution in [3.8, 4) is 0 Å². The molecule has 2 nitrogen and oxygen atoms in total. The number of H-pyrrole nitrogens is 1. The SMILES string of the molecule is Cc1ccc2c(C(=O)CC(C)CC(C)(C)C)c[nH]c2c1. The van der Waals surface area contributed by atoms with E-state index >= 15 is 0 Å². The summed E-state index contributed by atoms with van der Waals surface area (Å²) in [4.78, 5) is 15.7. The molecule has 0 aliphatic carbocycles. The van der Waals surface area contributed by atoms with Gasteiger partial charge in [-0.05, 0) is 36.3 Å². The monoisotopic (exact) mass is 271 g/mol. The van der Waals surface area contributed by atoms with Crippen LogP contribution in [0.2, 0.25) is 0 Å². The van der Waals surface area contributed by atoms with Crippen LogP contribution in [0.3, 0.4) is 0 Å². The number of benzene rings is 1. The van der Waals surface area contributed by atoms with Crippen molar-refractivity contribution in [1.82, 2.24) is 4.98 Å². The zero-order valence-corrected chi connectivity index (χ0v) is 13.2. The fraction of sp³-hybridized carbons (Fsp3) is 0.500. The first kappa shape index (κ1) is 14.8. The number of carbonyl (C=O) groups excluding carboxylic acids is 1. The van der Waals surface area contributed by atoms with Crippen molar-refractivity contribution in [3.63, 3.8) is 0 Å². The molecule has 1 N–H and O–H groups in total. The molecule has 2 aromatic rings. The van der Waals surface area contributed by atoms with Crippen molar-refractivity contribution in [2.24, 2.45) is 11.3 Å². The Labute approximate surface area is 121 Å². The highest BCUT2D eigenvalue weighted by Gasteiger charge is 2.20. The first-order valence-corrected chi connectivity index (χ1v) is 7.37. The summed E-state index contributed by atoms with van der Waals surface area (Å²) in [5, 5.41) is 1.04. The van der Waals surface area contributed by atoms with Crippen molar-refractivity contribution >= 4 is 16.7 Å². The number of aromatic nitrogens is 1. The van der Waals surface area contributed by atoms with Crippen molar-refractivity contribution < 1.29 is 4.79 Å². The molecular formula is C18H25NO. The van der Waals surface area contributed by atoms with Crippen molar-refractivity contribution in [1.29, 1.82) is 0 Å². The van der Waals surface area contributed by atoms with Gasteiger partial charge >= 0.3 is 0 Å². The second-order valence-electron chi connectivity index (χ2n) is 7.25. The molecule has 0 amide bonds. The molecule has 0 aliphatic heterocycles. The van der Waals surface area contributed by atoms with Gasteiger partial charge in [-0.3, -0.25) is 4.79 Å². The number of aryl methyl sites for hydroxylation is 1. The maximum Gasteiger partial charge on any atom is 0.165 e. The van der Waals surface area contributed by atoms with Crippen LogP contribution in [0.1, 0.15) is 56.5 Å². The largest absolute Gasteiger partial charge is 0.360 e. The third-order valence-corrected chi connectivity index (χ3v) is 3.63. The first-order chi connectivity index (χ1) is 9.26. The quantitative estimate of drug-likeness (QED) is 0.769. The highest BCUT2D eigenvalue weighted by molar-refractivity contribution is 6.08. The normalized spacial score (nSPS) is 13.7. The van der Waals surface area contributed by atoms with Gasteiger partial charge in [0.15, 0.2) is 5.78 Å². The lowest BCUT2D eigenvalue weighted by Gasteiger charge is -2.22. The summed E-state index contributed by atoms with van der Waals surface area (Å²) in [6.45, 7) is 10.9. The Balaban J connectivity index is 2.16. The lowest BCUT2D eigenvalue weighted by Crippen LogP contribution is -2.14. The molecular weight excluding hydrogens is 246 g/mol.